The van der Waals surface area contributed by atoms with Crippen molar-refractivity contribution in [3.05, 3.63) is 23.4 Å². The van der Waals surface area contributed by atoms with E-state index in [4.69, 9.17) is 5.11 Å². The first-order chi connectivity index (χ1) is 9.06. The van der Waals surface area contributed by atoms with Crippen LogP contribution in [0.2, 0.25) is 0 Å². The minimum absolute atomic E-state index is 0.0287. The second kappa shape index (κ2) is 4.45. The van der Waals surface area contributed by atoms with E-state index in [1.807, 2.05) is 0 Å². The Bertz CT molecular complexity index is 578. The van der Waals surface area contributed by atoms with E-state index < -0.39 is 5.97 Å². The van der Waals surface area contributed by atoms with Crippen LogP contribution in [0.15, 0.2) is 12.2 Å². The predicted octanol–water partition coefficient (Wildman–Crippen LogP) is 2.30. The number of rotatable bonds is 3. The molecule has 2 bridgehead atoms. The molecule has 2 aliphatic carbocycles. The molecular weight excluding hydrogens is 264 g/mol. The number of nitrogens with one attached hydrogen (secondary N) is 1. The summed E-state index contributed by atoms with van der Waals surface area (Å²) in [6, 6.07) is 0. The van der Waals surface area contributed by atoms with Crippen LogP contribution in [0, 0.1) is 24.7 Å². The van der Waals surface area contributed by atoms with E-state index in [1.165, 1.54) is 0 Å². The van der Waals surface area contributed by atoms with Crippen LogP contribution < -0.4 is 5.32 Å². The van der Waals surface area contributed by atoms with Crippen molar-refractivity contribution in [1.82, 2.24) is 4.37 Å². The molecule has 1 amide bonds. The lowest BCUT2D eigenvalue weighted by Crippen LogP contribution is -2.26. The number of hydrogen-bond donors (Lipinski definition) is 2. The maximum absolute atomic E-state index is 12.2. The third-order valence-corrected chi connectivity index (χ3v) is 4.78. The molecule has 0 aliphatic heterocycles. The summed E-state index contributed by atoms with van der Waals surface area (Å²) in [4.78, 5) is 23.4. The molecule has 1 saturated carbocycles. The highest BCUT2D eigenvalue weighted by molar-refractivity contribution is 7.11. The summed E-state index contributed by atoms with van der Waals surface area (Å²) in [6.07, 6.45) is 6.20. The van der Waals surface area contributed by atoms with Crippen molar-refractivity contribution >= 4 is 28.4 Å². The molecule has 0 saturated heterocycles. The van der Waals surface area contributed by atoms with Crippen molar-refractivity contribution < 1.29 is 14.7 Å². The fourth-order valence-corrected chi connectivity index (χ4v) is 3.79. The van der Waals surface area contributed by atoms with Crippen LogP contribution in [-0.4, -0.2) is 21.4 Å². The minimum Gasteiger partial charge on any atom is -0.478 e. The lowest BCUT2D eigenvalue weighted by Gasteiger charge is -2.16. The number of anilines is 1. The topological polar surface area (TPSA) is 79.3 Å². The van der Waals surface area contributed by atoms with Gasteiger partial charge in [-0.1, -0.05) is 12.2 Å². The zero-order valence-corrected chi connectivity index (χ0v) is 11.2. The summed E-state index contributed by atoms with van der Waals surface area (Å²) in [5.41, 5.74) is 0.553. The molecule has 2 aliphatic rings. The Hall–Kier alpha value is -1.69. The van der Waals surface area contributed by atoms with Crippen LogP contribution in [0.4, 0.5) is 5.00 Å². The van der Waals surface area contributed by atoms with E-state index in [1.54, 1.807) is 6.92 Å². The lowest BCUT2D eigenvalue weighted by atomic mass is 9.93. The van der Waals surface area contributed by atoms with Gasteiger partial charge in [0.2, 0.25) is 5.91 Å². The monoisotopic (exact) mass is 278 g/mol. The van der Waals surface area contributed by atoms with Crippen molar-refractivity contribution in [2.45, 2.75) is 19.8 Å². The fourth-order valence-electron chi connectivity index (χ4n) is 2.99. The number of hydrogen-bond acceptors (Lipinski definition) is 4. The number of fused-ring (bicyclic) bond motifs is 2. The molecule has 0 aromatic carbocycles. The van der Waals surface area contributed by atoms with Gasteiger partial charge in [0.05, 0.1) is 5.69 Å². The van der Waals surface area contributed by atoms with Gasteiger partial charge < -0.3 is 10.4 Å². The van der Waals surface area contributed by atoms with E-state index in [0.29, 0.717) is 22.5 Å². The number of nitrogens with zero attached hydrogens (tertiary/aromatic N) is 1. The van der Waals surface area contributed by atoms with E-state index in [2.05, 4.69) is 21.8 Å². The Kier molecular flexibility index (Phi) is 2.89. The summed E-state index contributed by atoms with van der Waals surface area (Å²) in [6.45, 7) is 1.63. The predicted molar refractivity (Wildman–Crippen MR) is 71.3 cm³/mol. The first-order valence-electron chi connectivity index (χ1n) is 6.25. The van der Waals surface area contributed by atoms with Crippen molar-refractivity contribution in [2.75, 3.05) is 5.32 Å². The molecule has 3 rings (SSSR count). The number of carbonyl (C=O) groups excluding carboxylic acids is 1. The summed E-state index contributed by atoms with van der Waals surface area (Å²) in [5, 5.41) is 12.2. The normalized spacial score (nSPS) is 27.7. The molecule has 0 spiro atoms. The molecular formula is C13H14N2O3S. The highest BCUT2D eigenvalue weighted by atomic mass is 32.1. The van der Waals surface area contributed by atoms with Gasteiger partial charge in [0.15, 0.2) is 0 Å². The number of allylic oxidation sites excluding steroid dienone is 2. The van der Waals surface area contributed by atoms with Gasteiger partial charge >= 0.3 is 5.97 Å². The van der Waals surface area contributed by atoms with E-state index in [-0.39, 0.29) is 17.4 Å². The van der Waals surface area contributed by atoms with Crippen LogP contribution in [0.5, 0.6) is 0 Å². The smallest absolute Gasteiger partial charge is 0.340 e. The lowest BCUT2D eigenvalue weighted by molar-refractivity contribution is -0.120. The number of aryl methyl sites for hydroxylation is 1. The molecule has 1 aromatic rings. The molecule has 1 fully saturated rings. The summed E-state index contributed by atoms with van der Waals surface area (Å²) < 4.78 is 4.00. The number of aromatic nitrogens is 1. The molecule has 100 valence electrons. The number of carboxylic acids is 1. The van der Waals surface area contributed by atoms with Gasteiger partial charge in [-0.15, -0.1) is 0 Å². The number of carbonyl (C=O) groups is 2. The Morgan fingerprint density at radius 1 is 1.42 bits per heavy atom. The molecule has 5 nitrogen and oxygen atoms in total. The number of carboxylic acid groups (broad SMARTS) is 1. The van der Waals surface area contributed by atoms with Crippen molar-refractivity contribution in [1.29, 1.82) is 0 Å². The van der Waals surface area contributed by atoms with E-state index in [0.717, 1.165) is 24.4 Å². The highest BCUT2D eigenvalue weighted by Gasteiger charge is 2.40. The molecule has 3 unspecified atom stereocenters. The largest absolute Gasteiger partial charge is 0.478 e. The third-order valence-electron chi connectivity index (χ3n) is 3.93. The SMILES string of the molecule is Cc1nsc(NC(=O)C2CC3C=CC2C3)c1C(=O)O. The van der Waals surface area contributed by atoms with Gasteiger partial charge in [-0.25, -0.2) is 4.79 Å². The summed E-state index contributed by atoms with van der Waals surface area (Å²) in [7, 11) is 0. The van der Waals surface area contributed by atoms with E-state index in [9.17, 15) is 9.59 Å². The van der Waals surface area contributed by atoms with Gasteiger partial charge in [-0.2, -0.15) is 4.37 Å². The van der Waals surface area contributed by atoms with Gasteiger partial charge in [0, 0.05) is 5.92 Å². The second-order valence-corrected chi connectivity index (χ2v) is 5.93. The zero-order chi connectivity index (χ0) is 13.6. The van der Waals surface area contributed by atoms with Gasteiger partial charge in [0.1, 0.15) is 10.6 Å². The Balaban J connectivity index is 1.77. The third kappa shape index (κ3) is 2.06. The van der Waals surface area contributed by atoms with Crippen LogP contribution >= 0.6 is 11.5 Å². The quantitative estimate of drug-likeness (QED) is 0.831. The van der Waals surface area contributed by atoms with Crippen LogP contribution in [0.25, 0.3) is 0 Å². The van der Waals surface area contributed by atoms with Gasteiger partial charge in [-0.3, -0.25) is 4.79 Å². The van der Waals surface area contributed by atoms with E-state index >= 15 is 0 Å². The van der Waals surface area contributed by atoms with Crippen LogP contribution in [0.1, 0.15) is 28.9 Å². The second-order valence-electron chi connectivity index (χ2n) is 5.15. The molecule has 0 radical (unpaired) electrons. The number of amides is 1. The minimum atomic E-state index is -1.05. The molecule has 1 aromatic heterocycles. The van der Waals surface area contributed by atoms with Gasteiger partial charge in [0.25, 0.3) is 0 Å². The van der Waals surface area contributed by atoms with Crippen LogP contribution in [-0.2, 0) is 4.79 Å². The maximum Gasteiger partial charge on any atom is 0.340 e. The van der Waals surface area contributed by atoms with Crippen LogP contribution in [0.3, 0.4) is 0 Å². The molecule has 1 heterocycles. The Morgan fingerprint density at radius 2 is 2.21 bits per heavy atom. The van der Waals surface area contributed by atoms with Crippen molar-refractivity contribution in [2.24, 2.45) is 17.8 Å². The standard InChI is InChI=1S/C13H14N2O3S/c1-6-10(13(17)18)12(19-15-6)14-11(16)9-5-7-2-3-8(9)4-7/h2-3,7-9H,4-5H2,1H3,(H,14,16)(H,17,18). The molecule has 6 heteroatoms. The highest BCUT2D eigenvalue weighted by Crippen LogP contribution is 2.44. The Labute approximate surface area is 114 Å². The molecule has 19 heavy (non-hydrogen) atoms. The average Bonchev–Trinajstić information content (AvgIpc) is 3.04. The number of aromatic carboxylic acids is 1. The summed E-state index contributed by atoms with van der Waals surface area (Å²) >= 11 is 1.03. The Morgan fingerprint density at radius 3 is 2.79 bits per heavy atom. The fraction of sp³-hybridized carbons (Fsp3) is 0.462. The zero-order valence-electron chi connectivity index (χ0n) is 10.4. The molecule has 2 N–H and O–H groups in total. The van der Waals surface area contributed by atoms with Crippen molar-refractivity contribution in [3.8, 4) is 0 Å². The van der Waals surface area contributed by atoms with Crippen molar-refractivity contribution in [3.63, 3.8) is 0 Å². The van der Waals surface area contributed by atoms with Gasteiger partial charge in [-0.05, 0) is 43.1 Å². The molecule has 3 atom stereocenters. The summed E-state index contributed by atoms with van der Waals surface area (Å²) in [5.74, 6) is -0.327. The average molecular weight is 278 g/mol. The first kappa shape index (κ1) is 12.3. The first-order valence-corrected chi connectivity index (χ1v) is 7.02. The maximum atomic E-state index is 12.2.